The number of aromatic nitrogens is 4. The molecule has 220 valence electrons. The van der Waals surface area contributed by atoms with E-state index in [0.29, 0.717) is 47.2 Å². The lowest BCUT2D eigenvalue weighted by Gasteiger charge is -2.38. The lowest BCUT2D eigenvalue weighted by molar-refractivity contribution is -0.143. The third-order valence-electron chi connectivity index (χ3n) is 7.46. The molecule has 2 atom stereocenters. The van der Waals surface area contributed by atoms with Gasteiger partial charge in [0, 0.05) is 73.3 Å². The quantitative estimate of drug-likeness (QED) is 0.341. The summed E-state index contributed by atoms with van der Waals surface area (Å²) in [5.74, 6) is -1.06. The van der Waals surface area contributed by atoms with Gasteiger partial charge in [0.25, 0.3) is 5.91 Å². The van der Waals surface area contributed by atoms with Crippen LogP contribution in [0.25, 0.3) is 21.8 Å². The Morgan fingerprint density at radius 3 is 2.81 bits per heavy atom. The predicted octanol–water partition coefficient (Wildman–Crippen LogP) is 2.33. The van der Waals surface area contributed by atoms with Gasteiger partial charge in [0.15, 0.2) is 5.82 Å². The summed E-state index contributed by atoms with van der Waals surface area (Å²) in [6.07, 6.45) is 3.36. The van der Waals surface area contributed by atoms with Crippen molar-refractivity contribution in [3.8, 4) is 6.01 Å². The Kier molecular flexibility index (Phi) is 7.60. The molecule has 2 aliphatic heterocycles. The first-order chi connectivity index (χ1) is 20.2. The lowest BCUT2D eigenvalue weighted by atomic mass is 10.0. The molecule has 2 aromatic heterocycles. The molecule has 2 aromatic carbocycles. The molecule has 2 N–H and O–H groups in total. The van der Waals surface area contributed by atoms with Crippen molar-refractivity contribution in [3.05, 3.63) is 48.0 Å². The Labute approximate surface area is 241 Å². The molecule has 2 fully saturated rings. The molecular formula is C29H33FN8O4. The van der Waals surface area contributed by atoms with Crippen LogP contribution in [0.4, 0.5) is 15.8 Å². The third-order valence-corrected chi connectivity index (χ3v) is 7.46. The number of hydrogen-bond donors (Lipinski definition) is 2. The van der Waals surface area contributed by atoms with E-state index in [1.807, 2.05) is 6.07 Å². The highest BCUT2D eigenvalue weighted by atomic mass is 19.1. The number of amides is 2. The van der Waals surface area contributed by atoms with Crippen molar-refractivity contribution in [3.63, 3.8) is 0 Å². The number of nitrogens with zero attached hydrogens (tertiary/aromatic N) is 6. The van der Waals surface area contributed by atoms with Gasteiger partial charge in [-0.15, -0.1) is 0 Å². The molecule has 2 aliphatic rings. The molecule has 0 bridgehead atoms. The molecule has 42 heavy (non-hydrogen) atoms. The summed E-state index contributed by atoms with van der Waals surface area (Å²) in [4.78, 5) is 38.7. The second-order valence-corrected chi connectivity index (χ2v) is 10.9. The molecule has 0 aliphatic carbocycles. The van der Waals surface area contributed by atoms with Crippen LogP contribution in [-0.2, 0) is 16.6 Å². The maximum Gasteiger partial charge on any atom is 0.317 e. The van der Waals surface area contributed by atoms with Crippen LogP contribution in [0.5, 0.6) is 6.01 Å². The van der Waals surface area contributed by atoms with Gasteiger partial charge in [0.2, 0.25) is 5.91 Å². The summed E-state index contributed by atoms with van der Waals surface area (Å²) in [5, 5.41) is 11.8. The third kappa shape index (κ3) is 5.70. The number of hydrogen-bond acceptors (Lipinski definition) is 9. The summed E-state index contributed by atoms with van der Waals surface area (Å²) in [6, 6.07) is 7.21. The van der Waals surface area contributed by atoms with Gasteiger partial charge in [-0.1, -0.05) is 0 Å². The van der Waals surface area contributed by atoms with E-state index in [1.165, 1.54) is 10.7 Å². The van der Waals surface area contributed by atoms with E-state index < -0.39 is 11.7 Å². The number of piperazine rings is 1. The first-order valence-corrected chi connectivity index (χ1v) is 14.0. The smallest absolute Gasteiger partial charge is 0.317 e. The zero-order valence-electron chi connectivity index (χ0n) is 23.8. The van der Waals surface area contributed by atoms with Crippen LogP contribution in [0, 0.1) is 5.82 Å². The number of nitrogens with one attached hydrogen (secondary N) is 2. The number of aryl methyl sites for hydroxylation is 1. The van der Waals surface area contributed by atoms with Crippen molar-refractivity contribution in [2.24, 2.45) is 7.05 Å². The molecule has 4 aromatic rings. The minimum atomic E-state index is -0.526. The average Bonchev–Trinajstić information content (AvgIpc) is 3.33. The molecule has 0 unspecified atom stereocenters. The van der Waals surface area contributed by atoms with Crippen LogP contribution in [-0.4, -0.2) is 94.5 Å². The standard InChI is InChI=1S/C29H33FN8O4/c1-17-13-38(14-18(2)32-17)24-5-4-21(28(40)33-20-10-19-15-36(3)35-26(19)23(30)11-20)27-22(24)12-31-29(34-27)42-9-7-37-6-8-41-16-25(37)39/h4-5,10-12,15,17-18,32H,6-9,13-14,16H2,1-3H3,(H,33,40)/t17-,18-/m1/s1. The number of fused-ring (bicyclic) bond motifs is 2. The molecule has 0 spiro atoms. The molecule has 2 amide bonds. The van der Waals surface area contributed by atoms with Crippen LogP contribution < -0.4 is 20.3 Å². The summed E-state index contributed by atoms with van der Waals surface area (Å²) >= 11 is 0. The Morgan fingerprint density at radius 1 is 1.21 bits per heavy atom. The highest BCUT2D eigenvalue weighted by molar-refractivity contribution is 6.14. The first kappa shape index (κ1) is 27.8. The second kappa shape index (κ2) is 11.5. The van der Waals surface area contributed by atoms with Gasteiger partial charge in [-0.05, 0) is 38.1 Å². The SMILES string of the molecule is C[C@@H]1CN(c2ccc(C(=O)Nc3cc(F)c4nn(C)cc4c3)c3nc(OCCN4CCOCC4=O)ncc23)C[C@@H](C)N1. The van der Waals surface area contributed by atoms with E-state index in [-0.39, 0.29) is 42.7 Å². The fourth-order valence-corrected chi connectivity index (χ4v) is 5.66. The van der Waals surface area contributed by atoms with E-state index in [2.05, 4.69) is 44.4 Å². The normalized spacial score (nSPS) is 19.5. The Morgan fingerprint density at radius 2 is 2.02 bits per heavy atom. The minimum Gasteiger partial charge on any atom is -0.462 e. The second-order valence-electron chi connectivity index (χ2n) is 10.9. The largest absolute Gasteiger partial charge is 0.462 e. The zero-order valence-corrected chi connectivity index (χ0v) is 23.8. The van der Waals surface area contributed by atoms with Crippen LogP contribution in [0.2, 0.25) is 0 Å². The number of benzene rings is 2. The number of anilines is 2. The monoisotopic (exact) mass is 576 g/mol. The van der Waals surface area contributed by atoms with Gasteiger partial charge < -0.3 is 29.9 Å². The highest BCUT2D eigenvalue weighted by Crippen LogP contribution is 2.31. The topological polar surface area (TPSA) is 127 Å². The van der Waals surface area contributed by atoms with Gasteiger partial charge in [0.1, 0.15) is 18.7 Å². The van der Waals surface area contributed by atoms with Crippen LogP contribution in [0.15, 0.2) is 36.7 Å². The lowest BCUT2D eigenvalue weighted by Crippen LogP contribution is -2.54. The van der Waals surface area contributed by atoms with E-state index in [1.54, 1.807) is 36.5 Å². The number of rotatable bonds is 7. The Balaban J connectivity index is 1.31. The van der Waals surface area contributed by atoms with E-state index >= 15 is 0 Å². The molecule has 6 rings (SSSR count). The molecular weight excluding hydrogens is 543 g/mol. The molecule has 4 heterocycles. The maximum atomic E-state index is 14.7. The minimum absolute atomic E-state index is 0.0641. The predicted molar refractivity (Wildman–Crippen MR) is 155 cm³/mol. The van der Waals surface area contributed by atoms with Crippen molar-refractivity contribution in [2.75, 3.05) is 56.2 Å². The Hall–Kier alpha value is -4.36. The summed E-state index contributed by atoms with van der Waals surface area (Å²) < 4.78 is 27.2. The average molecular weight is 577 g/mol. The Bertz CT molecular complexity index is 1650. The zero-order chi connectivity index (χ0) is 29.4. The summed E-state index contributed by atoms with van der Waals surface area (Å²) in [5.41, 5.74) is 2.17. The van der Waals surface area contributed by atoms with E-state index in [0.717, 1.165) is 18.8 Å². The number of morpholine rings is 1. The molecule has 0 radical (unpaired) electrons. The van der Waals surface area contributed by atoms with Crippen molar-refractivity contribution in [1.82, 2.24) is 30.0 Å². The first-order valence-electron chi connectivity index (χ1n) is 14.0. The van der Waals surface area contributed by atoms with Crippen molar-refractivity contribution in [2.45, 2.75) is 25.9 Å². The fraction of sp³-hybridized carbons (Fsp3) is 0.414. The number of carbonyl (C=O) groups excluding carboxylic acids is 2. The van der Waals surface area contributed by atoms with Gasteiger partial charge >= 0.3 is 6.01 Å². The molecule has 13 heteroatoms. The number of carbonyl (C=O) groups is 2. The maximum absolute atomic E-state index is 14.7. The van der Waals surface area contributed by atoms with Crippen LogP contribution in [0.1, 0.15) is 24.2 Å². The van der Waals surface area contributed by atoms with Gasteiger partial charge in [-0.3, -0.25) is 14.3 Å². The molecule has 12 nitrogen and oxygen atoms in total. The summed E-state index contributed by atoms with van der Waals surface area (Å²) in [6.45, 7) is 7.43. The van der Waals surface area contributed by atoms with Gasteiger partial charge in [-0.25, -0.2) is 9.37 Å². The molecule has 2 saturated heterocycles. The van der Waals surface area contributed by atoms with Crippen LogP contribution >= 0.6 is 0 Å². The van der Waals surface area contributed by atoms with Crippen molar-refractivity contribution < 1.29 is 23.5 Å². The van der Waals surface area contributed by atoms with Gasteiger partial charge in [-0.2, -0.15) is 10.1 Å². The molecule has 0 saturated carbocycles. The fourth-order valence-electron chi connectivity index (χ4n) is 5.66. The van der Waals surface area contributed by atoms with Crippen LogP contribution in [0.3, 0.4) is 0 Å². The van der Waals surface area contributed by atoms with E-state index in [9.17, 15) is 14.0 Å². The van der Waals surface area contributed by atoms with Crippen molar-refractivity contribution in [1.29, 1.82) is 0 Å². The number of ether oxygens (including phenoxy) is 2. The highest BCUT2D eigenvalue weighted by Gasteiger charge is 2.25. The summed E-state index contributed by atoms with van der Waals surface area (Å²) in [7, 11) is 1.71. The number of halogens is 1. The van der Waals surface area contributed by atoms with Gasteiger partial charge in [0.05, 0.1) is 24.2 Å². The van der Waals surface area contributed by atoms with Crippen molar-refractivity contribution >= 4 is 45.0 Å². The van der Waals surface area contributed by atoms with E-state index in [4.69, 9.17) is 9.47 Å².